The second-order valence-corrected chi connectivity index (χ2v) is 5.33. The van der Waals surface area contributed by atoms with E-state index in [4.69, 9.17) is 4.74 Å². The van der Waals surface area contributed by atoms with E-state index in [1.807, 2.05) is 6.92 Å². The first-order valence-corrected chi connectivity index (χ1v) is 6.02. The van der Waals surface area contributed by atoms with Gasteiger partial charge in [0.05, 0.1) is 9.99 Å². The molecule has 1 aromatic rings. The van der Waals surface area contributed by atoms with E-state index in [2.05, 4.69) is 22.6 Å². The average Bonchev–Trinajstić information content (AvgIpc) is 2.33. The van der Waals surface area contributed by atoms with Crippen LogP contribution >= 0.6 is 33.9 Å². The first kappa shape index (κ1) is 10.1. The maximum atomic E-state index is 11.6. The van der Waals surface area contributed by atoms with Gasteiger partial charge in [-0.05, 0) is 29.5 Å². The van der Waals surface area contributed by atoms with Crippen LogP contribution in [-0.4, -0.2) is 11.8 Å². The molecule has 0 aromatic carbocycles. The normalized spacial score (nSPS) is 16.1. The van der Waals surface area contributed by atoms with Crippen LogP contribution in [-0.2, 0) is 4.79 Å². The predicted octanol–water partition coefficient (Wildman–Crippen LogP) is 2.54. The third-order valence-electron chi connectivity index (χ3n) is 2.00. The Hall–Kier alpha value is -0.430. The molecule has 14 heavy (non-hydrogen) atoms. The lowest BCUT2D eigenvalue weighted by molar-refractivity contribution is -0.134. The number of hydrogen-bond donors (Lipinski definition) is 0. The van der Waals surface area contributed by atoms with Crippen molar-refractivity contribution in [2.75, 3.05) is 0 Å². The molecule has 5 heteroatoms. The standard InChI is InChI=1S/C9H7IO3S/c1-4-7(10)8-9(14-4)5(11)2-3-6(12)13-8/h2-3H2,1H3. The Kier molecular flexibility index (Phi) is 2.61. The average molecular weight is 322 g/mol. The highest BCUT2D eigenvalue weighted by atomic mass is 127. The molecule has 0 atom stereocenters. The summed E-state index contributed by atoms with van der Waals surface area (Å²) in [7, 11) is 0. The second kappa shape index (κ2) is 3.62. The summed E-state index contributed by atoms with van der Waals surface area (Å²) in [5, 5.41) is 0. The van der Waals surface area contributed by atoms with E-state index in [0.29, 0.717) is 10.6 Å². The van der Waals surface area contributed by atoms with E-state index < -0.39 is 0 Å². The topological polar surface area (TPSA) is 43.4 Å². The van der Waals surface area contributed by atoms with Crippen LogP contribution in [0.2, 0.25) is 0 Å². The van der Waals surface area contributed by atoms with Gasteiger partial charge < -0.3 is 4.74 Å². The van der Waals surface area contributed by atoms with Crippen LogP contribution in [0.1, 0.15) is 27.4 Å². The summed E-state index contributed by atoms with van der Waals surface area (Å²) in [6.07, 6.45) is 0.456. The fraction of sp³-hybridized carbons (Fsp3) is 0.333. The van der Waals surface area contributed by atoms with E-state index in [1.165, 1.54) is 11.3 Å². The fourth-order valence-electron chi connectivity index (χ4n) is 1.27. The number of esters is 1. The molecular weight excluding hydrogens is 315 g/mol. The van der Waals surface area contributed by atoms with Crippen LogP contribution in [0.15, 0.2) is 0 Å². The lowest BCUT2D eigenvalue weighted by Gasteiger charge is -1.99. The van der Waals surface area contributed by atoms with Gasteiger partial charge in [0.2, 0.25) is 0 Å². The van der Waals surface area contributed by atoms with Crippen LogP contribution in [0.4, 0.5) is 0 Å². The number of fused-ring (bicyclic) bond motifs is 1. The molecule has 0 aliphatic carbocycles. The highest BCUT2D eigenvalue weighted by Gasteiger charge is 2.26. The van der Waals surface area contributed by atoms with Gasteiger partial charge in [-0.2, -0.15) is 0 Å². The molecule has 2 heterocycles. The number of ketones is 1. The van der Waals surface area contributed by atoms with Gasteiger partial charge in [-0.3, -0.25) is 9.59 Å². The minimum Gasteiger partial charge on any atom is -0.424 e. The van der Waals surface area contributed by atoms with Crippen molar-refractivity contribution in [1.29, 1.82) is 0 Å². The minimum atomic E-state index is -0.312. The summed E-state index contributed by atoms with van der Waals surface area (Å²) in [6.45, 7) is 1.92. The summed E-state index contributed by atoms with van der Waals surface area (Å²) in [5.74, 6) is 0.176. The SMILES string of the molecule is Cc1sc2c(c1I)OC(=O)CCC2=O. The molecule has 1 aromatic heterocycles. The monoisotopic (exact) mass is 322 g/mol. The Bertz CT molecular complexity index is 422. The van der Waals surface area contributed by atoms with Crippen molar-refractivity contribution in [3.8, 4) is 5.75 Å². The van der Waals surface area contributed by atoms with E-state index in [-0.39, 0.29) is 24.6 Å². The number of ether oxygens (including phenoxy) is 1. The third kappa shape index (κ3) is 1.58. The zero-order valence-electron chi connectivity index (χ0n) is 7.43. The van der Waals surface area contributed by atoms with E-state index in [1.54, 1.807) is 0 Å². The van der Waals surface area contributed by atoms with Crippen LogP contribution < -0.4 is 4.74 Å². The maximum absolute atomic E-state index is 11.6. The number of Topliss-reactive ketones (excluding diaryl/α,β-unsaturated/α-hetero) is 1. The van der Waals surface area contributed by atoms with Gasteiger partial charge in [0, 0.05) is 11.3 Å². The molecule has 0 radical (unpaired) electrons. The molecule has 1 aliphatic heterocycles. The first-order valence-electron chi connectivity index (χ1n) is 4.12. The molecular formula is C9H7IO3S. The number of aryl methyl sites for hydroxylation is 1. The Labute approximate surface area is 98.6 Å². The van der Waals surface area contributed by atoms with Crippen LogP contribution in [0.3, 0.4) is 0 Å². The van der Waals surface area contributed by atoms with Crippen molar-refractivity contribution in [2.24, 2.45) is 0 Å². The number of carbonyl (C=O) groups excluding carboxylic acids is 2. The van der Waals surface area contributed by atoms with Crippen molar-refractivity contribution in [2.45, 2.75) is 19.8 Å². The van der Waals surface area contributed by atoms with Gasteiger partial charge >= 0.3 is 5.97 Å². The number of halogens is 1. The third-order valence-corrected chi connectivity index (χ3v) is 4.79. The Morgan fingerprint density at radius 1 is 1.36 bits per heavy atom. The summed E-state index contributed by atoms with van der Waals surface area (Å²) < 4.78 is 6.00. The lowest BCUT2D eigenvalue weighted by Crippen LogP contribution is -2.05. The summed E-state index contributed by atoms with van der Waals surface area (Å²) >= 11 is 3.51. The number of rotatable bonds is 0. The summed E-state index contributed by atoms with van der Waals surface area (Å²) in [4.78, 5) is 24.4. The van der Waals surface area contributed by atoms with Gasteiger partial charge in [0.15, 0.2) is 11.5 Å². The molecule has 0 fully saturated rings. The molecule has 3 nitrogen and oxygen atoms in total. The molecule has 0 unspecified atom stereocenters. The number of hydrogen-bond acceptors (Lipinski definition) is 4. The van der Waals surface area contributed by atoms with Gasteiger partial charge in [-0.1, -0.05) is 0 Å². The van der Waals surface area contributed by atoms with Gasteiger partial charge in [0.1, 0.15) is 4.88 Å². The van der Waals surface area contributed by atoms with E-state index >= 15 is 0 Å². The van der Waals surface area contributed by atoms with E-state index in [9.17, 15) is 9.59 Å². The molecule has 0 amide bonds. The molecule has 0 saturated carbocycles. The van der Waals surface area contributed by atoms with Crippen LogP contribution in [0.5, 0.6) is 5.75 Å². The highest BCUT2D eigenvalue weighted by molar-refractivity contribution is 14.1. The molecule has 0 bridgehead atoms. The van der Waals surface area contributed by atoms with Crippen LogP contribution in [0.25, 0.3) is 0 Å². The van der Waals surface area contributed by atoms with Gasteiger partial charge in [0.25, 0.3) is 0 Å². The van der Waals surface area contributed by atoms with Crippen molar-refractivity contribution in [3.05, 3.63) is 13.3 Å². The quantitative estimate of drug-likeness (QED) is 0.545. The fourth-order valence-corrected chi connectivity index (χ4v) is 3.11. The first-order chi connectivity index (χ1) is 6.59. The zero-order valence-corrected chi connectivity index (χ0v) is 10.4. The Morgan fingerprint density at radius 2 is 2.07 bits per heavy atom. The van der Waals surface area contributed by atoms with Gasteiger partial charge in [-0.25, -0.2) is 0 Å². The molecule has 2 rings (SSSR count). The van der Waals surface area contributed by atoms with Gasteiger partial charge in [-0.15, -0.1) is 11.3 Å². The lowest BCUT2D eigenvalue weighted by atomic mass is 10.2. The number of carbonyl (C=O) groups is 2. The Morgan fingerprint density at radius 3 is 2.79 bits per heavy atom. The van der Waals surface area contributed by atoms with Crippen LogP contribution in [0, 0.1) is 10.5 Å². The molecule has 0 spiro atoms. The smallest absolute Gasteiger partial charge is 0.311 e. The molecule has 1 aliphatic rings. The molecule has 0 saturated heterocycles. The highest BCUT2D eigenvalue weighted by Crippen LogP contribution is 2.38. The Balaban J connectivity index is 2.57. The molecule has 0 N–H and O–H groups in total. The molecule has 74 valence electrons. The second-order valence-electron chi connectivity index (χ2n) is 3.03. The number of thiophene rings is 1. The minimum absolute atomic E-state index is 0.0156. The van der Waals surface area contributed by atoms with Crippen molar-refractivity contribution < 1.29 is 14.3 Å². The maximum Gasteiger partial charge on any atom is 0.311 e. The summed E-state index contributed by atoms with van der Waals surface area (Å²) in [6, 6.07) is 0. The predicted molar refractivity (Wildman–Crippen MR) is 61.0 cm³/mol. The summed E-state index contributed by atoms with van der Waals surface area (Å²) in [5.41, 5.74) is 0. The van der Waals surface area contributed by atoms with E-state index in [0.717, 1.165) is 8.45 Å². The van der Waals surface area contributed by atoms with Crippen molar-refractivity contribution >= 4 is 45.7 Å². The van der Waals surface area contributed by atoms with Crippen molar-refractivity contribution in [1.82, 2.24) is 0 Å². The zero-order chi connectivity index (χ0) is 10.3. The van der Waals surface area contributed by atoms with Crippen molar-refractivity contribution in [3.63, 3.8) is 0 Å². The largest absolute Gasteiger partial charge is 0.424 e.